The third-order valence-electron chi connectivity index (χ3n) is 5.62. The second-order valence-corrected chi connectivity index (χ2v) is 7.77. The topological polar surface area (TPSA) is 63.6 Å². The van der Waals surface area contributed by atoms with Crippen LogP contribution in [0.1, 0.15) is 22.8 Å². The van der Waals surface area contributed by atoms with Gasteiger partial charge in [-0.1, -0.05) is 78.9 Å². The van der Waals surface area contributed by atoms with Crippen LogP contribution in [0.4, 0.5) is 0 Å². The Hall–Kier alpha value is -4.51. The number of fused-ring (bicyclic) bond motifs is 2. The van der Waals surface area contributed by atoms with E-state index in [9.17, 15) is 4.79 Å². The highest BCUT2D eigenvalue weighted by atomic mass is 16.5. The number of carbonyl (C=O) groups is 1. The van der Waals surface area contributed by atoms with Gasteiger partial charge in [0, 0.05) is 16.5 Å². The number of hydrogen-bond acceptors (Lipinski definition) is 4. The maximum absolute atomic E-state index is 13.2. The Balaban J connectivity index is 1.50. The van der Waals surface area contributed by atoms with Crippen LogP contribution in [-0.2, 0) is 0 Å². The molecule has 5 nitrogen and oxygen atoms in total. The molecule has 0 atom stereocenters. The number of ether oxygens (including phenoxy) is 1. The number of hydrazone groups is 1. The first-order chi connectivity index (χ1) is 16.7. The Kier molecular flexibility index (Phi) is 5.99. The molecule has 0 aliphatic carbocycles. The standard InChI is InChI=1S/C29H23N3O2/c1-2-34-28-17-16-20-10-6-7-13-22(20)25(28)19-30-32-29(33)24-18-27(21-11-4-3-5-12-21)31-26-15-9-8-14-23(24)26/h3-19H,2H2,1H3,(H,32,33)/b30-19+. The highest BCUT2D eigenvalue weighted by molar-refractivity contribution is 6.08. The van der Waals surface area contributed by atoms with Crippen molar-refractivity contribution >= 4 is 33.8 Å². The Labute approximate surface area is 197 Å². The molecule has 0 radical (unpaired) electrons. The van der Waals surface area contributed by atoms with E-state index in [0.29, 0.717) is 12.2 Å². The van der Waals surface area contributed by atoms with E-state index in [4.69, 9.17) is 9.72 Å². The Bertz CT molecular complexity index is 1510. The zero-order chi connectivity index (χ0) is 23.3. The number of para-hydroxylation sites is 1. The number of pyridine rings is 1. The predicted octanol–water partition coefficient (Wildman–Crippen LogP) is 6.22. The van der Waals surface area contributed by atoms with Crippen LogP contribution in [-0.4, -0.2) is 23.7 Å². The van der Waals surface area contributed by atoms with Gasteiger partial charge in [-0.2, -0.15) is 5.10 Å². The smallest absolute Gasteiger partial charge is 0.272 e. The van der Waals surface area contributed by atoms with Gasteiger partial charge >= 0.3 is 0 Å². The zero-order valence-corrected chi connectivity index (χ0v) is 18.7. The van der Waals surface area contributed by atoms with Crippen LogP contribution in [0.25, 0.3) is 32.9 Å². The molecule has 1 amide bonds. The number of rotatable bonds is 6. The van der Waals surface area contributed by atoms with Crippen LogP contribution >= 0.6 is 0 Å². The second kappa shape index (κ2) is 9.55. The molecule has 5 rings (SSSR count). The van der Waals surface area contributed by atoms with E-state index in [1.165, 1.54) is 0 Å². The molecule has 0 aliphatic heterocycles. The quantitative estimate of drug-likeness (QED) is 0.249. The van der Waals surface area contributed by atoms with Gasteiger partial charge in [-0.15, -0.1) is 0 Å². The van der Waals surface area contributed by atoms with Gasteiger partial charge in [0.05, 0.1) is 29.6 Å². The minimum absolute atomic E-state index is 0.301. The molecule has 0 aliphatic rings. The number of benzene rings is 4. The predicted molar refractivity (Wildman–Crippen MR) is 137 cm³/mol. The summed E-state index contributed by atoms with van der Waals surface area (Å²) in [6.45, 7) is 2.48. The Morgan fingerprint density at radius 2 is 1.65 bits per heavy atom. The van der Waals surface area contributed by atoms with Crippen LogP contribution < -0.4 is 10.2 Å². The van der Waals surface area contributed by atoms with E-state index in [1.54, 1.807) is 6.21 Å². The van der Waals surface area contributed by atoms with Crippen LogP contribution in [0.2, 0.25) is 0 Å². The summed E-state index contributed by atoms with van der Waals surface area (Å²) in [5.74, 6) is 0.421. The first-order valence-electron chi connectivity index (χ1n) is 11.2. The fraction of sp³-hybridized carbons (Fsp3) is 0.0690. The monoisotopic (exact) mass is 445 g/mol. The Morgan fingerprint density at radius 3 is 2.47 bits per heavy atom. The molecule has 5 heteroatoms. The van der Waals surface area contributed by atoms with E-state index in [1.807, 2.05) is 104 Å². The molecule has 0 saturated carbocycles. The number of aromatic nitrogens is 1. The molecule has 0 bridgehead atoms. The van der Waals surface area contributed by atoms with Crippen molar-refractivity contribution in [1.82, 2.24) is 10.4 Å². The third-order valence-corrected chi connectivity index (χ3v) is 5.62. The molecule has 4 aromatic carbocycles. The molecule has 34 heavy (non-hydrogen) atoms. The SMILES string of the molecule is CCOc1ccc2ccccc2c1/C=N/NC(=O)c1cc(-c2ccccc2)nc2ccccc12. The fourth-order valence-electron chi connectivity index (χ4n) is 4.03. The minimum atomic E-state index is -0.301. The summed E-state index contributed by atoms with van der Waals surface area (Å²) in [6, 6.07) is 31.2. The van der Waals surface area contributed by atoms with Crippen LogP contribution in [0.3, 0.4) is 0 Å². The van der Waals surface area contributed by atoms with Gasteiger partial charge in [0.2, 0.25) is 0 Å². The number of nitrogens with one attached hydrogen (secondary N) is 1. The van der Waals surface area contributed by atoms with Crippen molar-refractivity contribution in [2.45, 2.75) is 6.92 Å². The highest BCUT2D eigenvalue weighted by Crippen LogP contribution is 2.27. The molecule has 5 aromatic rings. The number of hydrogen-bond donors (Lipinski definition) is 1. The lowest BCUT2D eigenvalue weighted by molar-refractivity contribution is 0.0956. The summed E-state index contributed by atoms with van der Waals surface area (Å²) in [6.07, 6.45) is 1.65. The molecular weight excluding hydrogens is 422 g/mol. The van der Waals surface area contributed by atoms with Gasteiger partial charge in [-0.05, 0) is 35.9 Å². The molecule has 0 fully saturated rings. The minimum Gasteiger partial charge on any atom is -0.493 e. The van der Waals surface area contributed by atoms with Gasteiger partial charge in [0.15, 0.2) is 0 Å². The lowest BCUT2D eigenvalue weighted by atomic mass is 10.0. The highest BCUT2D eigenvalue weighted by Gasteiger charge is 2.14. The van der Waals surface area contributed by atoms with Crippen molar-refractivity contribution in [1.29, 1.82) is 0 Å². The van der Waals surface area contributed by atoms with Gasteiger partial charge < -0.3 is 4.74 Å². The van der Waals surface area contributed by atoms with Crippen molar-refractivity contribution in [3.05, 3.63) is 108 Å². The van der Waals surface area contributed by atoms with Gasteiger partial charge in [0.25, 0.3) is 5.91 Å². The van der Waals surface area contributed by atoms with E-state index in [0.717, 1.165) is 44.2 Å². The molecule has 0 spiro atoms. The average Bonchev–Trinajstić information content (AvgIpc) is 2.89. The molecular formula is C29H23N3O2. The lowest BCUT2D eigenvalue weighted by Gasteiger charge is -2.11. The largest absolute Gasteiger partial charge is 0.493 e. The summed E-state index contributed by atoms with van der Waals surface area (Å²) >= 11 is 0. The van der Waals surface area contributed by atoms with Gasteiger partial charge in [-0.3, -0.25) is 4.79 Å². The maximum atomic E-state index is 13.2. The van der Waals surface area contributed by atoms with E-state index < -0.39 is 0 Å². The van der Waals surface area contributed by atoms with Crippen molar-refractivity contribution in [3.8, 4) is 17.0 Å². The molecule has 1 aromatic heterocycles. The zero-order valence-electron chi connectivity index (χ0n) is 18.7. The van der Waals surface area contributed by atoms with Crippen LogP contribution in [0.5, 0.6) is 5.75 Å². The molecule has 1 N–H and O–H groups in total. The van der Waals surface area contributed by atoms with Crippen LogP contribution in [0, 0.1) is 0 Å². The van der Waals surface area contributed by atoms with Crippen molar-refractivity contribution in [3.63, 3.8) is 0 Å². The molecule has 1 heterocycles. The summed E-state index contributed by atoms with van der Waals surface area (Å²) < 4.78 is 5.80. The molecule has 166 valence electrons. The average molecular weight is 446 g/mol. The number of carbonyl (C=O) groups excluding carboxylic acids is 1. The molecule has 0 saturated heterocycles. The first kappa shape index (κ1) is 21.3. The summed E-state index contributed by atoms with van der Waals surface area (Å²) in [4.78, 5) is 18.0. The third kappa shape index (κ3) is 4.24. The van der Waals surface area contributed by atoms with Gasteiger partial charge in [0.1, 0.15) is 5.75 Å². The second-order valence-electron chi connectivity index (χ2n) is 7.77. The van der Waals surface area contributed by atoms with Crippen molar-refractivity contribution < 1.29 is 9.53 Å². The summed E-state index contributed by atoms with van der Waals surface area (Å²) in [5.41, 5.74) is 6.48. The van der Waals surface area contributed by atoms with Crippen molar-refractivity contribution in [2.24, 2.45) is 5.10 Å². The van der Waals surface area contributed by atoms with E-state index in [2.05, 4.69) is 10.5 Å². The van der Waals surface area contributed by atoms with E-state index in [-0.39, 0.29) is 5.91 Å². The normalized spacial score (nSPS) is 11.2. The van der Waals surface area contributed by atoms with Crippen LogP contribution in [0.15, 0.2) is 102 Å². The fourth-order valence-corrected chi connectivity index (χ4v) is 4.03. The molecule has 0 unspecified atom stereocenters. The Morgan fingerprint density at radius 1 is 0.912 bits per heavy atom. The first-order valence-corrected chi connectivity index (χ1v) is 11.2. The summed E-state index contributed by atoms with van der Waals surface area (Å²) in [7, 11) is 0. The number of amides is 1. The van der Waals surface area contributed by atoms with Crippen molar-refractivity contribution in [2.75, 3.05) is 6.61 Å². The lowest BCUT2D eigenvalue weighted by Crippen LogP contribution is -2.18. The summed E-state index contributed by atoms with van der Waals surface area (Å²) in [5, 5.41) is 7.15. The van der Waals surface area contributed by atoms with E-state index >= 15 is 0 Å². The van der Waals surface area contributed by atoms with Gasteiger partial charge in [-0.25, -0.2) is 10.4 Å². The number of nitrogens with zero attached hydrogens (tertiary/aromatic N) is 2. The maximum Gasteiger partial charge on any atom is 0.272 e.